The molecule has 1 amide bonds. The van der Waals surface area contributed by atoms with Gasteiger partial charge in [-0.15, -0.1) is 0 Å². The second kappa shape index (κ2) is 7.82. The second-order valence-corrected chi connectivity index (χ2v) is 7.22. The van der Waals surface area contributed by atoms with Gasteiger partial charge in [0.2, 0.25) is 0 Å². The van der Waals surface area contributed by atoms with Gasteiger partial charge in [0, 0.05) is 29.2 Å². The van der Waals surface area contributed by atoms with Crippen LogP contribution in [0.4, 0.5) is 5.69 Å². The molecule has 1 N–H and O–H groups in total. The van der Waals surface area contributed by atoms with Gasteiger partial charge in [-0.1, -0.05) is 6.07 Å². The molecule has 1 aliphatic rings. The molecule has 1 saturated carbocycles. The number of benzene rings is 1. The summed E-state index contributed by atoms with van der Waals surface area (Å²) in [6.07, 6.45) is 5.57. The molecule has 0 unspecified atom stereocenters. The first-order valence-corrected chi connectivity index (χ1v) is 9.25. The van der Waals surface area contributed by atoms with E-state index in [2.05, 4.69) is 29.8 Å². The van der Waals surface area contributed by atoms with Gasteiger partial charge >= 0.3 is 5.97 Å². The Bertz CT molecular complexity index is 905. The number of nitrogens with one attached hydrogen (secondary N) is 1. The van der Waals surface area contributed by atoms with Crippen LogP contribution in [0.5, 0.6) is 0 Å². The summed E-state index contributed by atoms with van der Waals surface area (Å²) in [5.41, 5.74) is 6.32. The van der Waals surface area contributed by atoms with Gasteiger partial charge in [0.15, 0.2) is 6.61 Å². The highest BCUT2D eigenvalue weighted by atomic mass is 16.5. The molecule has 1 aromatic heterocycles. The number of hydrogen-bond donors (Lipinski definition) is 1. The van der Waals surface area contributed by atoms with Gasteiger partial charge in [-0.05, 0) is 81.5 Å². The lowest BCUT2D eigenvalue weighted by atomic mass is 10.1. The minimum absolute atomic E-state index is 0.308. The lowest BCUT2D eigenvalue weighted by Gasteiger charge is -2.07. The summed E-state index contributed by atoms with van der Waals surface area (Å²) >= 11 is 0. The van der Waals surface area contributed by atoms with Gasteiger partial charge in [0.1, 0.15) is 0 Å². The number of esters is 1. The Balaban J connectivity index is 1.52. The standard InChI is InChI=1S/C22H26N2O3/c1-14-5-7-19(11-15(14)2)23-21(25)13-27-22(26)10-6-18-12-16(3)24(17(18)4)20-8-9-20/h5-7,10-12,20H,8-9,13H2,1-4H3,(H,23,25)/b10-6+. The maximum atomic E-state index is 12.0. The highest BCUT2D eigenvalue weighted by molar-refractivity contribution is 5.94. The Morgan fingerprint density at radius 2 is 1.89 bits per heavy atom. The summed E-state index contributed by atoms with van der Waals surface area (Å²) < 4.78 is 7.37. The highest BCUT2D eigenvalue weighted by Gasteiger charge is 2.26. The van der Waals surface area contributed by atoms with Crippen molar-refractivity contribution in [3.63, 3.8) is 0 Å². The fourth-order valence-corrected chi connectivity index (χ4v) is 3.22. The highest BCUT2D eigenvalue weighted by Crippen LogP contribution is 2.38. The number of carbonyl (C=O) groups is 2. The van der Waals surface area contributed by atoms with E-state index >= 15 is 0 Å². The number of anilines is 1. The first-order valence-electron chi connectivity index (χ1n) is 9.25. The van der Waals surface area contributed by atoms with Crippen LogP contribution < -0.4 is 5.32 Å². The van der Waals surface area contributed by atoms with Crippen LogP contribution in [0.3, 0.4) is 0 Å². The SMILES string of the molecule is Cc1ccc(NC(=O)COC(=O)/C=C/c2cc(C)n(C3CC3)c2C)cc1C. The molecule has 27 heavy (non-hydrogen) atoms. The maximum absolute atomic E-state index is 12.0. The summed E-state index contributed by atoms with van der Waals surface area (Å²) in [5, 5.41) is 2.73. The molecule has 0 aliphatic heterocycles. The smallest absolute Gasteiger partial charge is 0.331 e. The van der Waals surface area contributed by atoms with E-state index in [0.717, 1.165) is 22.4 Å². The molecule has 3 rings (SSSR count). The molecule has 1 aromatic carbocycles. The quantitative estimate of drug-likeness (QED) is 0.614. The summed E-state index contributed by atoms with van der Waals surface area (Å²) in [4.78, 5) is 23.9. The topological polar surface area (TPSA) is 60.3 Å². The van der Waals surface area contributed by atoms with Gasteiger partial charge in [-0.25, -0.2) is 4.79 Å². The molecular weight excluding hydrogens is 340 g/mol. The van der Waals surface area contributed by atoms with Crippen molar-refractivity contribution in [1.29, 1.82) is 0 Å². The first-order chi connectivity index (χ1) is 12.8. The van der Waals surface area contributed by atoms with Crippen LogP contribution in [-0.2, 0) is 14.3 Å². The molecule has 1 fully saturated rings. The molecule has 5 nitrogen and oxygen atoms in total. The van der Waals surface area contributed by atoms with E-state index in [0.29, 0.717) is 11.7 Å². The van der Waals surface area contributed by atoms with E-state index in [4.69, 9.17) is 4.74 Å². The number of nitrogens with zero attached hydrogens (tertiary/aromatic N) is 1. The zero-order chi connectivity index (χ0) is 19.6. The average molecular weight is 366 g/mol. The van der Waals surface area contributed by atoms with Crippen LogP contribution in [0.1, 0.15) is 47.0 Å². The summed E-state index contributed by atoms with van der Waals surface area (Å²) in [6.45, 7) is 7.83. The Kier molecular flexibility index (Phi) is 5.49. The number of amides is 1. The van der Waals surface area contributed by atoms with Gasteiger partial charge in [-0.2, -0.15) is 0 Å². The zero-order valence-electron chi connectivity index (χ0n) is 16.3. The third-order valence-electron chi connectivity index (χ3n) is 4.97. The monoisotopic (exact) mass is 366 g/mol. The predicted molar refractivity (Wildman–Crippen MR) is 107 cm³/mol. The van der Waals surface area contributed by atoms with Crippen molar-refractivity contribution < 1.29 is 14.3 Å². The van der Waals surface area contributed by atoms with Gasteiger partial charge in [-0.3, -0.25) is 4.79 Å². The second-order valence-electron chi connectivity index (χ2n) is 7.22. The number of hydrogen-bond acceptors (Lipinski definition) is 3. The van der Waals surface area contributed by atoms with Crippen molar-refractivity contribution in [2.75, 3.05) is 11.9 Å². The lowest BCUT2D eigenvalue weighted by Crippen LogP contribution is -2.20. The van der Waals surface area contributed by atoms with E-state index in [1.54, 1.807) is 6.08 Å². The number of aromatic nitrogens is 1. The van der Waals surface area contributed by atoms with Crippen molar-refractivity contribution in [3.8, 4) is 0 Å². The summed E-state index contributed by atoms with van der Waals surface area (Å²) in [7, 11) is 0. The third kappa shape index (κ3) is 4.67. The molecule has 1 heterocycles. The van der Waals surface area contributed by atoms with Crippen molar-refractivity contribution >= 4 is 23.6 Å². The molecule has 0 spiro atoms. The van der Waals surface area contributed by atoms with Gasteiger partial charge < -0.3 is 14.6 Å². The fourth-order valence-electron chi connectivity index (χ4n) is 3.22. The Labute approximate surface area is 160 Å². The summed E-state index contributed by atoms with van der Waals surface area (Å²) in [6, 6.07) is 8.34. The third-order valence-corrected chi connectivity index (χ3v) is 4.97. The predicted octanol–water partition coefficient (Wildman–Crippen LogP) is 4.25. The lowest BCUT2D eigenvalue weighted by molar-refractivity contribution is -0.142. The summed E-state index contributed by atoms with van der Waals surface area (Å²) in [5.74, 6) is -0.881. The van der Waals surface area contributed by atoms with E-state index in [1.807, 2.05) is 32.0 Å². The van der Waals surface area contributed by atoms with E-state index < -0.39 is 5.97 Å². The first kappa shape index (κ1) is 19.0. The van der Waals surface area contributed by atoms with Crippen LogP contribution in [-0.4, -0.2) is 23.1 Å². The Hall–Kier alpha value is -2.82. The molecule has 1 aliphatic carbocycles. The van der Waals surface area contributed by atoms with Crippen LogP contribution >= 0.6 is 0 Å². The van der Waals surface area contributed by atoms with Crippen molar-refractivity contribution in [2.45, 2.75) is 46.6 Å². The zero-order valence-corrected chi connectivity index (χ0v) is 16.3. The molecular formula is C22H26N2O3. The fraction of sp³-hybridized carbons (Fsp3) is 0.364. The molecule has 2 aromatic rings. The van der Waals surface area contributed by atoms with Crippen LogP contribution in [0, 0.1) is 27.7 Å². The van der Waals surface area contributed by atoms with Crippen LogP contribution in [0.15, 0.2) is 30.3 Å². The molecule has 142 valence electrons. The number of aryl methyl sites for hydroxylation is 3. The van der Waals surface area contributed by atoms with Crippen molar-refractivity contribution in [1.82, 2.24) is 4.57 Å². The normalized spacial score (nSPS) is 13.8. The van der Waals surface area contributed by atoms with Crippen LogP contribution in [0.2, 0.25) is 0 Å². The van der Waals surface area contributed by atoms with Crippen molar-refractivity contribution in [3.05, 3.63) is 58.4 Å². The Morgan fingerprint density at radius 1 is 1.15 bits per heavy atom. The van der Waals surface area contributed by atoms with E-state index in [-0.39, 0.29) is 12.5 Å². The van der Waals surface area contributed by atoms with Crippen LogP contribution in [0.25, 0.3) is 6.08 Å². The van der Waals surface area contributed by atoms with Gasteiger partial charge in [0.25, 0.3) is 5.91 Å². The van der Waals surface area contributed by atoms with Crippen molar-refractivity contribution in [2.24, 2.45) is 0 Å². The minimum Gasteiger partial charge on any atom is -0.452 e. The molecule has 0 radical (unpaired) electrons. The minimum atomic E-state index is -0.526. The molecule has 0 atom stereocenters. The number of rotatable bonds is 6. The van der Waals surface area contributed by atoms with Gasteiger partial charge in [0.05, 0.1) is 0 Å². The number of ether oxygens (including phenoxy) is 1. The number of carbonyl (C=O) groups excluding carboxylic acids is 2. The molecule has 0 bridgehead atoms. The average Bonchev–Trinajstić information content (AvgIpc) is 3.40. The molecule has 5 heteroatoms. The van der Waals surface area contributed by atoms with E-state index in [1.165, 1.54) is 24.6 Å². The molecule has 0 saturated heterocycles. The van der Waals surface area contributed by atoms with E-state index in [9.17, 15) is 9.59 Å². The maximum Gasteiger partial charge on any atom is 0.331 e. The Morgan fingerprint density at radius 3 is 2.56 bits per heavy atom. The largest absolute Gasteiger partial charge is 0.452 e.